The maximum atomic E-state index is 13.5. The third-order valence-corrected chi connectivity index (χ3v) is 11.6. The number of hydrogen-bond donors (Lipinski definition) is 3. The number of ether oxygens (including phenoxy) is 3. The van der Waals surface area contributed by atoms with Gasteiger partial charge in [0.2, 0.25) is 5.91 Å². The number of para-hydroxylation sites is 1. The Labute approximate surface area is 233 Å². The highest BCUT2D eigenvalue weighted by Gasteiger charge is 2.78. The minimum absolute atomic E-state index is 0.138. The molecule has 6 aliphatic rings. The van der Waals surface area contributed by atoms with Crippen LogP contribution in [0.25, 0.3) is 10.9 Å². The van der Waals surface area contributed by atoms with E-state index < -0.39 is 40.0 Å². The molecule has 0 radical (unpaired) electrons. The van der Waals surface area contributed by atoms with Crippen molar-refractivity contribution in [2.75, 3.05) is 6.61 Å². The summed E-state index contributed by atoms with van der Waals surface area (Å²) >= 11 is 0. The number of carbonyl (C=O) groups excluding carboxylic acids is 2. The van der Waals surface area contributed by atoms with Crippen LogP contribution in [0.4, 0.5) is 0 Å². The highest BCUT2D eigenvalue weighted by atomic mass is 16.8. The van der Waals surface area contributed by atoms with E-state index in [0.29, 0.717) is 24.8 Å². The summed E-state index contributed by atoms with van der Waals surface area (Å²) in [5.74, 6) is -1.37. The molecule has 3 saturated carbocycles. The summed E-state index contributed by atoms with van der Waals surface area (Å²) in [6.45, 7) is 8.03. The first-order valence-corrected chi connectivity index (χ1v) is 14.8. The number of H-pyrrole nitrogens is 1. The van der Waals surface area contributed by atoms with Crippen LogP contribution in [0.2, 0.25) is 0 Å². The van der Waals surface area contributed by atoms with Crippen molar-refractivity contribution in [2.45, 2.75) is 107 Å². The number of carbonyl (C=O) groups is 2. The first kappa shape index (κ1) is 25.2. The van der Waals surface area contributed by atoms with Gasteiger partial charge in [-0.15, -0.1) is 0 Å². The van der Waals surface area contributed by atoms with E-state index in [1.807, 2.05) is 19.9 Å². The monoisotopic (exact) mass is 546 g/mol. The standard InChI is InChI=1S/C32H38N2O6/c1-28(2)27-22(35)15-23-31(39-27,40-28)12-11-29(3)30(4)17(13-20-19-7-5-6-8-21(19)34-26(20)30)14-24(32(23,29)37)38-16-25(36)33-18-9-10-18/h5-8,15,17-18,24,27,34,37H,9-14,16H2,1-4H3,(H,33,36)/t17-,24+,27+,29-,30-,31+,32+/m1/s1. The van der Waals surface area contributed by atoms with Gasteiger partial charge in [-0.2, -0.15) is 0 Å². The number of hydrogen-bond acceptors (Lipinski definition) is 6. The van der Waals surface area contributed by atoms with Crippen molar-refractivity contribution >= 4 is 22.6 Å². The van der Waals surface area contributed by atoms with Crippen molar-refractivity contribution < 1.29 is 28.9 Å². The Morgan fingerprint density at radius 2 is 1.95 bits per heavy atom. The van der Waals surface area contributed by atoms with Crippen LogP contribution in [0.15, 0.2) is 35.9 Å². The average Bonchev–Trinajstić information content (AvgIpc) is 3.50. The van der Waals surface area contributed by atoms with E-state index in [2.05, 4.69) is 42.3 Å². The molecule has 7 atom stereocenters. The van der Waals surface area contributed by atoms with Crippen LogP contribution in [0.3, 0.4) is 0 Å². The minimum atomic E-state index is -1.60. The fraction of sp³-hybridized carbons (Fsp3) is 0.625. The van der Waals surface area contributed by atoms with Crippen molar-refractivity contribution in [2.24, 2.45) is 11.3 Å². The molecule has 3 heterocycles. The van der Waals surface area contributed by atoms with Crippen molar-refractivity contribution in [1.82, 2.24) is 10.3 Å². The van der Waals surface area contributed by atoms with E-state index in [9.17, 15) is 14.7 Å². The molecule has 1 saturated heterocycles. The smallest absolute Gasteiger partial charge is 0.246 e. The molecule has 2 bridgehead atoms. The normalized spacial score (nSPS) is 42.6. The van der Waals surface area contributed by atoms with Gasteiger partial charge in [-0.1, -0.05) is 32.0 Å². The molecule has 212 valence electrons. The average molecular weight is 547 g/mol. The van der Waals surface area contributed by atoms with E-state index in [0.717, 1.165) is 30.5 Å². The molecule has 4 fully saturated rings. The van der Waals surface area contributed by atoms with Gasteiger partial charge in [0.15, 0.2) is 17.7 Å². The molecule has 1 spiro atoms. The first-order valence-electron chi connectivity index (χ1n) is 14.8. The van der Waals surface area contributed by atoms with Crippen LogP contribution in [0, 0.1) is 11.3 Å². The summed E-state index contributed by atoms with van der Waals surface area (Å²) in [4.78, 5) is 30.0. The Bertz CT molecular complexity index is 1510. The molecule has 2 aliphatic heterocycles. The van der Waals surface area contributed by atoms with Gasteiger partial charge in [0.25, 0.3) is 0 Å². The molecule has 3 N–H and O–H groups in total. The molecule has 1 aromatic carbocycles. The molecular weight excluding hydrogens is 508 g/mol. The molecule has 40 heavy (non-hydrogen) atoms. The molecular formula is C32H38N2O6. The quantitative estimate of drug-likeness (QED) is 0.541. The SMILES string of the molecule is CC1(C)O[C@@]23CC[C@]4(C)[C@@]5(C)c6[nH]c7ccccc7c6C[C@@H]5C[C@H](OCC(=O)NC5CC5)[C@@]4(O)C2=CC(=O)[C@@H]1O3. The van der Waals surface area contributed by atoms with Gasteiger partial charge in [0.05, 0.1) is 6.10 Å². The van der Waals surface area contributed by atoms with E-state index in [-0.39, 0.29) is 30.3 Å². The van der Waals surface area contributed by atoms with Gasteiger partial charge < -0.3 is 29.6 Å². The fourth-order valence-corrected chi connectivity index (χ4v) is 9.26. The molecule has 4 aliphatic carbocycles. The molecule has 1 amide bonds. The highest BCUT2D eigenvalue weighted by molar-refractivity contribution is 5.97. The zero-order valence-corrected chi connectivity index (χ0v) is 23.6. The second kappa shape index (κ2) is 7.65. The Hall–Kier alpha value is -2.52. The summed E-state index contributed by atoms with van der Waals surface area (Å²) < 4.78 is 19.4. The number of benzene rings is 1. The third kappa shape index (κ3) is 2.91. The van der Waals surface area contributed by atoms with E-state index in [1.54, 1.807) is 6.08 Å². The van der Waals surface area contributed by atoms with Crippen LogP contribution in [0.5, 0.6) is 0 Å². The molecule has 0 unspecified atom stereocenters. The summed E-state index contributed by atoms with van der Waals surface area (Å²) in [6.07, 6.45) is 4.69. The molecule has 8 heteroatoms. The lowest BCUT2D eigenvalue weighted by Gasteiger charge is -2.67. The lowest BCUT2D eigenvalue weighted by molar-refractivity contribution is -0.279. The minimum Gasteiger partial charge on any atom is -0.382 e. The summed E-state index contributed by atoms with van der Waals surface area (Å²) in [5.41, 5.74) is 0.406. The Morgan fingerprint density at radius 1 is 1.18 bits per heavy atom. The molecule has 1 aromatic heterocycles. The summed E-state index contributed by atoms with van der Waals surface area (Å²) in [6, 6.07) is 8.60. The van der Waals surface area contributed by atoms with Gasteiger partial charge in [0.1, 0.15) is 17.8 Å². The third-order valence-electron chi connectivity index (χ3n) is 11.6. The maximum Gasteiger partial charge on any atom is 0.246 e. The van der Waals surface area contributed by atoms with Crippen molar-refractivity contribution in [3.8, 4) is 0 Å². The van der Waals surface area contributed by atoms with Crippen molar-refractivity contribution in [1.29, 1.82) is 0 Å². The van der Waals surface area contributed by atoms with Gasteiger partial charge in [0, 0.05) is 45.5 Å². The topological polar surface area (TPSA) is 110 Å². The number of fused-ring (bicyclic) bond motifs is 9. The summed E-state index contributed by atoms with van der Waals surface area (Å²) in [5, 5.41) is 17.5. The predicted molar refractivity (Wildman–Crippen MR) is 147 cm³/mol. The highest BCUT2D eigenvalue weighted by Crippen LogP contribution is 2.72. The molecule has 8 rings (SSSR count). The van der Waals surface area contributed by atoms with Gasteiger partial charge >= 0.3 is 0 Å². The lowest BCUT2D eigenvalue weighted by atomic mass is 9.41. The van der Waals surface area contributed by atoms with E-state index >= 15 is 0 Å². The number of aromatic nitrogens is 1. The summed E-state index contributed by atoms with van der Waals surface area (Å²) in [7, 11) is 0. The van der Waals surface area contributed by atoms with Crippen LogP contribution < -0.4 is 5.32 Å². The second-order valence-corrected chi connectivity index (χ2v) is 14.0. The Kier molecular flexibility index (Phi) is 4.82. The van der Waals surface area contributed by atoms with Gasteiger partial charge in [-0.05, 0) is 69.6 Å². The zero-order chi connectivity index (χ0) is 27.9. The van der Waals surface area contributed by atoms with Crippen LogP contribution in [-0.2, 0) is 35.6 Å². The van der Waals surface area contributed by atoms with E-state index in [1.165, 1.54) is 10.9 Å². The number of rotatable bonds is 4. The maximum absolute atomic E-state index is 13.5. The fourth-order valence-electron chi connectivity index (χ4n) is 9.26. The van der Waals surface area contributed by atoms with Crippen LogP contribution in [-0.4, -0.2) is 63.6 Å². The number of aliphatic hydroxyl groups is 1. The number of nitrogens with one attached hydrogen (secondary N) is 2. The Balaban J connectivity index is 1.28. The lowest BCUT2D eigenvalue weighted by Crippen LogP contribution is -2.75. The van der Waals surface area contributed by atoms with Crippen LogP contribution in [0.1, 0.15) is 71.1 Å². The van der Waals surface area contributed by atoms with Gasteiger partial charge in [-0.3, -0.25) is 9.59 Å². The second-order valence-electron chi connectivity index (χ2n) is 14.0. The molecule has 8 nitrogen and oxygen atoms in total. The van der Waals surface area contributed by atoms with Crippen molar-refractivity contribution in [3.05, 3.63) is 47.2 Å². The van der Waals surface area contributed by atoms with Gasteiger partial charge in [-0.25, -0.2) is 0 Å². The van der Waals surface area contributed by atoms with Crippen molar-refractivity contribution in [3.63, 3.8) is 0 Å². The largest absolute Gasteiger partial charge is 0.382 e. The zero-order valence-electron chi connectivity index (χ0n) is 23.6. The number of ketones is 1. The first-order chi connectivity index (χ1) is 18.9. The van der Waals surface area contributed by atoms with Crippen LogP contribution >= 0.6 is 0 Å². The van der Waals surface area contributed by atoms with E-state index in [4.69, 9.17) is 14.2 Å². The number of aromatic amines is 1. The Morgan fingerprint density at radius 3 is 2.73 bits per heavy atom. The number of amides is 1. The molecule has 2 aromatic rings. The predicted octanol–water partition coefficient (Wildman–Crippen LogP) is 3.60.